The van der Waals surface area contributed by atoms with Crippen LogP contribution in [0.2, 0.25) is 0 Å². The van der Waals surface area contributed by atoms with Crippen molar-refractivity contribution < 1.29 is 0 Å². The Morgan fingerprint density at radius 2 is 2.24 bits per heavy atom. The lowest BCUT2D eigenvalue weighted by Gasteiger charge is -2.21. The van der Waals surface area contributed by atoms with E-state index in [2.05, 4.69) is 24.5 Å². The van der Waals surface area contributed by atoms with Crippen LogP contribution in [-0.4, -0.2) is 36.7 Å². The van der Waals surface area contributed by atoms with E-state index < -0.39 is 0 Å². The summed E-state index contributed by atoms with van der Waals surface area (Å²) in [7, 11) is 0. The van der Waals surface area contributed by atoms with E-state index in [-0.39, 0.29) is 0 Å². The fourth-order valence-electron chi connectivity index (χ4n) is 2.48. The van der Waals surface area contributed by atoms with Crippen LogP contribution in [0, 0.1) is 0 Å². The van der Waals surface area contributed by atoms with E-state index >= 15 is 0 Å². The van der Waals surface area contributed by atoms with Crippen molar-refractivity contribution >= 4 is 11.8 Å². The average molecular weight is 258 g/mol. The molecule has 2 N–H and O–H groups in total. The number of thioether (sulfide) groups is 1. The number of nitrogens with one attached hydrogen (secondary N) is 2. The Kier molecular flexibility index (Phi) is 9.21. The summed E-state index contributed by atoms with van der Waals surface area (Å²) in [6.45, 7) is 6.98. The van der Waals surface area contributed by atoms with Gasteiger partial charge in [0.05, 0.1) is 0 Å². The summed E-state index contributed by atoms with van der Waals surface area (Å²) in [4.78, 5) is 0. The number of hydrogen-bond donors (Lipinski definition) is 2. The van der Waals surface area contributed by atoms with E-state index in [1.807, 2.05) is 11.8 Å². The molecule has 0 aromatic carbocycles. The van der Waals surface area contributed by atoms with Crippen LogP contribution in [0.3, 0.4) is 0 Å². The second-order valence-corrected chi connectivity index (χ2v) is 6.54. The van der Waals surface area contributed by atoms with Crippen molar-refractivity contribution in [1.82, 2.24) is 10.6 Å². The standard InChI is InChI=1S/C14H30N2S/c1-3-17-11-7-10-15-13(2)12-14-8-5-4-6-9-16-14/h13-16H,3-12H2,1-2H3. The van der Waals surface area contributed by atoms with Gasteiger partial charge in [-0.25, -0.2) is 0 Å². The number of rotatable bonds is 8. The molecule has 0 aromatic heterocycles. The van der Waals surface area contributed by atoms with Gasteiger partial charge in [0.2, 0.25) is 0 Å². The van der Waals surface area contributed by atoms with E-state index in [1.54, 1.807) is 0 Å². The fourth-order valence-corrected chi connectivity index (χ4v) is 3.12. The first-order valence-electron chi connectivity index (χ1n) is 7.37. The molecular weight excluding hydrogens is 228 g/mol. The molecule has 1 heterocycles. The maximum Gasteiger partial charge on any atom is 0.00817 e. The van der Waals surface area contributed by atoms with Crippen LogP contribution in [0.25, 0.3) is 0 Å². The molecule has 0 amide bonds. The van der Waals surface area contributed by atoms with Crippen LogP contribution in [-0.2, 0) is 0 Å². The minimum Gasteiger partial charge on any atom is -0.314 e. The van der Waals surface area contributed by atoms with Gasteiger partial charge in [0, 0.05) is 12.1 Å². The fraction of sp³-hybridized carbons (Fsp3) is 1.00. The second kappa shape index (κ2) is 10.2. The molecule has 0 aromatic rings. The molecule has 3 heteroatoms. The molecule has 1 rings (SSSR count). The maximum atomic E-state index is 3.68. The molecule has 0 bridgehead atoms. The van der Waals surface area contributed by atoms with Crippen molar-refractivity contribution in [2.75, 3.05) is 24.6 Å². The third-order valence-corrected chi connectivity index (χ3v) is 4.45. The van der Waals surface area contributed by atoms with Crippen LogP contribution in [0.1, 0.15) is 52.4 Å². The number of hydrogen-bond acceptors (Lipinski definition) is 3. The molecule has 1 saturated heterocycles. The Balaban J connectivity index is 2.00. The molecule has 0 radical (unpaired) electrons. The Bertz CT molecular complexity index is 168. The van der Waals surface area contributed by atoms with Gasteiger partial charge < -0.3 is 10.6 Å². The predicted octanol–water partition coefficient (Wildman–Crippen LogP) is 3.03. The van der Waals surface area contributed by atoms with Crippen molar-refractivity contribution in [3.05, 3.63) is 0 Å². The zero-order chi connectivity index (χ0) is 12.3. The van der Waals surface area contributed by atoms with Crippen LogP contribution in [0.15, 0.2) is 0 Å². The van der Waals surface area contributed by atoms with Gasteiger partial charge in [0.1, 0.15) is 0 Å². The topological polar surface area (TPSA) is 24.1 Å². The first kappa shape index (κ1) is 15.3. The molecule has 1 fully saturated rings. The SMILES string of the molecule is CCSCCCNC(C)CC1CCCCCN1. The normalized spacial score (nSPS) is 23.3. The van der Waals surface area contributed by atoms with E-state index in [1.165, 1.54) is 63.1 Å². The first-order chi connectivity index (χ1) is 8.33. The van der Waals surface area contributed by atoms with Crippen molar-refractivity contribution in [3.63, 3.8) is 0 Å². The largest absolute Gasteiger partial charge is 0.314 e. The molecule has 0 saturated carbocycles. The van der Waals surface area contributed by atoms with Gasteiger partial charge in [0.15, 0.2) is 0 Å². The highest BCUT2D eigenvalue weighted by Crippen LogP contribution is 2.12. The molecule has 2 atom stereocenters. The van der Waals surface area contributed by atoms with E-state index in [0.717, 1.165) is 6.04 Å². The van der Waals surface area contributed by atoms with Crippen LogP contribution in [0.5, 0.6) is 0 Å². The van der Waals surface area contributed by atoms with Crippen LogP contribution >= 0.6 is 11.8 Å². The molecule has 2 nitrogen and oxygen atoms in total. The van der Waals surface area contributed by atoms with Gasteiger partial charge in [-0.05, 0) is 57.2 Å². The Hall–Kier alpha value is 0.270. The Morgan fingerprint density at radius 1 is 1.35 bits per heavy atom. The summed E-state index contributed by atoms with van der Waals surface area (Å²) >= 11 is 2.05. The maximum absolute atomic E-state index is 3.68. The predicted molar refractivity (Wildman–Crippen MR) is 80.0 cm³/mol. The van der Waals surface area contributed by atoms with Gasteiger partial charge in [-0.2, -0.15) is 11.8 Å². The summed E-state index contributed by atoms with van der Waals surface area (Å²) in [5.74, 6) is 2.56. The smallest absolute Gasteiger partial charge is 0.00817 e. The van der Waals surface area contributed by atoms with Gasteiger partial charge in [-0.3, -0.25) is 0 Å². The van der Waals surface area contributed by atoms with Gasteiger partial charge in [0.25, 0.3) is 0 Å². The molecular formula is C14H30N2S. The zero-order valence-corrected chi connectivity index (χ0v) is 12.5. The highest BCUT2D eigenvalue weighted by molar-refractivity contribution is 7.99. The van der Waals surface area contributed by atoms with Crippen molar-refractivity contribution in [1.29, 1.82) is 0 Å². The highest BCUT2D eigenvalue weighted by atomic mass is 32.2. The molecule has 1 aliphatic rings. The van der Waals surface area contributed by atoms with Crippen molar-refractivity contribution in [2.45, 2.75) is 64.5 Å². The highest BCUT2D eigenvalue weighted by Gasteiger charge is 2.14. The molecule has 0 aliphatic carbocycles. The van der Waals surface area contributed by atoms with E-state index in [0.29, 0.717) is 6.04 Å². The molecule has 17 heavy (non-hydrogen) atoms. The average Bonchev–Trinajstić information content (AvgIpc) is 2.57. The van der Waals surface area contributed by atoms with Crippen LogP contribution in [0.4, 0.5) is 0 Å². The monoisotopic (exact) mass is 258 g/mol. The van der Waals surface area contributed by atoms with Gasteiger partial charge >= 0.3 is 0 Å². The first-order valence-corrected chi connectivity index (χ1v) is 8.53. The zero-order valence-electron chi connectivity index (χ0n) is 11.6. The van der Waals surface area contributed by atoms with Gasteiger partial charge in [-0.15, -0.1) is 0 Å². The molecule has 0 spiro atoms. The lowest BCUT2D eigenvalue weighted by atomic mass is 10.0. The van der Waals surface area contributed by atoms with E-state index in [4.69, 9.17) is 0 Å². The second-order valence-electron chi connectivity index (χ2n) is 5.14. The third-order valence-electron chi connectivity index (χ3n) is 3.46. The lowest BCUT2D eigenvalue weighted by Crippen LogP contribution is -2.37. The minimum absolute atomic E-state index is 0.664. The molecule has 1 aliphatic heterocycles. The van der Waals surface area contributed by atoms with Gasteiger partial charge in [-0.1, -0.05) is 19.8 Å². The summed E-state index contributed by atoms with van der Waals surface area (Å²) in [6, 6.07) is 1.42. The lowest BCUT2D eigenvalue weighted by molar-refractivity contribution is 0.404. The van der Waals surface area contributed by atoms with Crippen LogP contribution < -0.4 is 10.6 Å². The van der Waals surface area contributed by atoms with Crippen molar-refractivity contribution in [2.24, 2.45) is 0 Å². The van der Waals surface area contributed by atoms with E-state index in [9.17, 15) is 0 Å². The quantitative estimate of drug-likeness (QED) is 0.654. The summed E-state index contributed by atoms with van der Waals surface area (Å²) in [6.07, 6.45) is 8.17. The molecule has 2 unspecified atom stereocenters. The summed E-state index contributed by atoms with van der Waals surface area (Å²) < 4.78 is 0. The molecule has 102 valence electrons. The third kappa shape index (κ3) is 8.06. The minimum atomic E-state index is 0.664. The summed E-state index contributed by atoms with van der Waals surface area (Å²) in [5.41, 5.74) is 0. The van der Waals surface area contributed by atoms with Crippen molar-refractivity contribution in [3.8, 4) is 0 Å². The Labute approximate surface area is 112 Å². The summed E-state index contributed by atoms with van der Waals surface area (Å²) in [5, 5.41) is 7.33. The Morgan fingerprint density at radius 3 is 3.06 bits per heavy atom.